The van der Waals surface area contributed by atoms with Gasteiger partial charge in [0.25, 0.3) is 5.91 Å². The normalized spacial score (nSPS) is 25.6. The van der Waals surface area contributed by atoms with Crippen LogP contribution in [0.1, 0.15) is 71.6 Å². The van der Waals surface area contributed by atoms with E-state index in [0.29, 0.717) is 18.4 Å². The lowest BCUT2D eigenvalue weighted by Gasteiger charge is -2.53. The van der Waals surface area contributed by atoms with Gasteiger partial charge in [0, 0.05) is 46.7 Å². The number of H-pyrrole nitrogens is 1. The number of likely N-dealkylation sites (tertiary alicyclic amines) is 1. The van der Waals surface area contributed by atoms with Crippen molar-refractivity contribution in [3.63, 3.8) is 0 Å². The monoisotopic (exact) mass is 526 g/mol. The van der Waals surface area contributed by atoms with E-state index in [0.717, 1.165) is 66.7 Å². The summed E-state index contributed by atoms with van der Waals surface area (Å²) in [6.07, 6.45) is 6.81. The Kier molecular flexibility index (Phi) is 6.15. The molecule has 6 rings (SSSR count). The molecule has 3 aliphatic rings. The molecule has 0 radical (unpaired) electrons. The molecule has 2 saturated carbocycles. The number of nitrogens with one attached hydrogen (secondary N) is 2. The summed E-state index contributed by atoms with van der Waals surface area (Å²) < 4.78 is 5.83. The van der Waals surface area contributed by atoms with E-state index in [1.165, 1.54) is 5.39 Å². The summed E-state index contributed by atoms with van der Waals surface area (Å²) in [5.74, 6) is -0.307. The SMILES string of the molecule is COc1cc(C)c2[nH]ccc2c1CN1CCC2(CC(C#N)C2)CC1c1ccc(C(=O)NC2(C(=O)O)CC2)cc1. The number of aromatic nitrogens is 1. The number of carbonyl (C=O) groups is 2. The van der Waals surface area contributed by atoms with Gasteiger partial charge in [-0.3, -0.25) is 9.69 Å². The van der Waals surface area contributed by atoms with Gasteiger partial charge in [-0.2, -0.15) is 5.26 Å². The number of aromatic amines is 1. The number of nitrogens with zero attached hydrogens (tertiary/aromatic N) is 2. The summed E-state index contributed by atoms with van der Waals surface area (Å²) in [6.45, 7) is 3.72. The number of fused-ring (bicyclic) bond motifs is 1. The Labute approximate surface area is 227 Å². The molecule has 8 nitrogen and oxygen atoms in total. The third-order valence-corrected chi connectivity index (χ3v) is 9.30. The van der Waals surface area contributed by atoms with E-state index in [4.69, 9.17) is 4.74 Å². The molecule has 1 aromatic heterocycles. The zero-order valence-electron chi connectivity index (χ0n) is 22.4. The summed E-state index contributed by atoms with van der Waals surface area (Å²) in [5, 5.41) is 22.7. The number of carbonyl (C=O) groups excluding carboxylic acids is 1. The third-order valence-electron chi connectivity index (χ3n) is 9.30. The molecular formula is C31H34N4O4. The van der Waals surface area contributed by atoms with Crippen molar-refractivity contribution in [1.29, 1.82) is 5.26 Å². The Morgan fingerprint density at radius 1 is 1.18 bits per heavy atom. The summed E-state index contributed by atoms with van der Waals surface area (Å²) in [5.41, 5.74) is 4.08. The number of nitriles is 1. The Balaban J connectivity index is 1.29. The maximum atomic E-state index is 12.8. The van der Waals surface area contributed by atoms with Gasteiger partial charge in [-0.15, -0.1) is 0 Å². The summed E-state index contributed by atoms with van der Waals surface area (Å²) in [6, 6.07) is 14.4. The minimum atomic E-state index is -1.11. The zero-order valence-corrected chi connectivity index (χ0v) is 22.4. The minimum absolute atomic E-state index is 0.129. The molecule has 1 amide bonds. The first-order valence-electron chi connectivity index (χ1n) is 13.7. The predicted octanol–water partition coefficient (Wildman–Crippen LogP) is 5.09. The number of benzene rings is 2. The molecule has 1 atom stereocenters. The van der Waals surface area contributed by atoms with Crippen LogP contribution in [0.3, 0.4) is 0 Å². The van der Waals surface area contributed by atoms with Gasteiger partial charge >= 0.3 is 5.97 Å². The van der Waals surface area contributed by atoms with Gasteiger partial charge in [0.2, 0.25) is 0 Å². The number of ether oxygens (including phenoxy) is 1. The quantitative estimate of drug-likeness (QED) is 0.395. The third kappa shape index (κ3) is 4.45. The minimum Gasteiger partial charge on any atom is -0.496 e. The number of carboxylic acid groups (broad SMARTS) is 1. The van der Waals surface area contributed by atoms with Crippen molar-refractivity contribution in [2.24, 2.45) is 11.3 Å². The Morgan fingerprint density at radius 3 is 2.56 bits per heavy atom. The fraction of sp³-hybridized carbons (Fsp3) is 0.452. The first-order chi connectivity index (χ1) is 18.8. The molecule has 39 heavy (non-hydrogen) atoms. The van der Waals surface area contributed by atoms with Crippen molar-refractivity contribution in [3.05, 3.63) is 64.8 Å². The average Bonchev–Trinajstić information content (AvgIpc) is 3.53. The van der Waals surface area contributed by atoms with E-state index >= 15 is 0 Å². The Bertz CT molecular complexity index is 1470. The Hall–Kier alpha value is -3.83. The van der Waals surface area contributed by atoms with Crippen LogP contribution < -0.4 is 10.1 Å². The van der Waals surface area contributed by atoms with Gasteiger partial charge in [0.1, 0.15) is 11.3 Å². The van der Waals surface area contributed by atoms with Crippen LogP contribution in [0.25, 0.3) is 10.9 Å². The number of amides is 1. The number of piperidine rings is 1. The lowest BCUT2D eigenvalue weighted by molar-refractivity contribution is -0.140. The molecule has 0 bridgehead atoms. The average molecular weight is 527 g/mol. The van der Waals surface area contributed by atoms with Crippen molar-refractivity contribution < 1.29 is 19.4 Å². The largest absolute Gasteiger partial charge is 0.496 e. The highest BCUT2D eigenvalue weighted by Crippen LogP contribution is 2.57. The van der Waals surface area contributed by atoms with Crippen LogP contribution in [0.5, 0.6) is 5.75 Å². The van der Waals surface area contributed by atoms with E-state index < -0.39 is 11.5 Å². The number of aliphatic carboxylic acids is 1. The van der Waals surface area contributed by atoms with Crippen LogP contribution in [-0.4, -0.2) is 46.1 Å². The lowest BCUT2D eigenvalue weighted by Crippen LogP contribution is -2.48. The number of methoxy groups -OCH3 is 1. The maximum Gasteiger partial charge on any atom is 0.329 e. The van der Waals surface area contributed by atoms with Crippen molar-refractivity contribution >= 4 is 22.8 Å². The van der Waals surface area contributed by atoms with Gasteiger partial charge in [0.05, 0.1) is 13.2 Å². The second-order valence-corrected chi connectivity index (χ2v) is 11.8. The smallest absolute Gasteiger partial charge is 0.329 e. The van der Waals surface area contributed by atoms with E-state index in [-0.39, 0.29) is 23.3 Å². The molecule has 1 aliphatic heterocycles. The predicted molar refractivity (Wildman–Crippen MR) is 146 cm³/mol. The highest BCUT2D eigenvalue weighted by atomic mass is 16.5. The van der Waals surface area contributed by atoms with E-state index in [9.17, 15) is 20.0 Å². The first-order valence-corrected chi connectivity index (χ1v) is 13.7. The topological polar surface area (TPSA) is 118 Å². The number of carboxylic acids is 1. The fourth-order valence-electron chi connectivity index (χ4n) is 6.79. The molecule has 1 spiro atoms. The van der Waals surface area contributed by atoms with Crippen molar-refractivity contribution in [2.45, 2.75) is 63.6 Å². The number of rotatable bonds is 7. The highest BCUT2D eigenvalue weighted by molar-refractivity contribution is 5.99. The molecule has 8 heteroatoms. The van der Waals surface area contributed by atoms with Crippen molar-refractivity contribution in [3.8, 4) is 11.8 Å². The second kappa shape index (κ2) is 9.42. The zero-order chi connectivity index (χ0) is 27.4. The molecule has 3 fully saturated rings. The van der Waals surface area contributed by atoms with Gasteiger partial charge in [-0.05, 0) is 92.8 Å². The molecule has 2 aromatic carbocycles. The van der Waals surface area contributed by atoms with Crippen LogP contribution in [-0.2, 0) is 11.3 Å². The van der Waals surface area contributed by atoms with Crippen molar-refractivity contribution in [2.75, 3.05) is 13.7 Å². The summed E-state index contributed by atoms with van der Waals surface area (Å²) in [4.78, 5) is 30.2. The molecular weight excluding hydrogens is 492 g/mol. The molecule has 1 unspecified atom stereocenters. The van der Waals surface area contributed by atoms with E-state index in [1.54, 1.807) is 19.2 Å². The van der Waals surface area contributed by atoms with Gasteiger partial charge in [0.15, 0.2) is 0 Å². The molecule has 2 aliphatic carbocycles. The highest BCUT2D eigenvalue weighted by Gasteiger charge is 2.52. The van der Waals surface area contributed by atoms with Crippen LogP contribution in [0.15, 0.2) is 42.6 Å². The van der Waals surface area contributed by atoms with Crippen LogP contribution in [0.2, 0.25) is 0 Å². The standard InChI is InChI=1S/C31H34N4O4/c1-19-13-26(39-2)24(23-7-11-33-27(19)23)18-35-12-10-30(14-20(15-30)17-32)16-25(35)21-3-5-22(6-4-21)28(36)34-31(8-9-31)29(37)38/h3-7,11,13,20,25,33H,8-10,12,14-16,18H2,1-2H3,(H,34,36)(H,37,38). The van der Waals surface area contributed by atoms with E-state index in [1.807, 2.05) is 18.3 Å². The van der Waals surface area contributed by atoms with Gasteiger partial charge in [-0.1, -0.05) is 12.1 Å². The molecule has 3 N–H and O–H groups in total. The molecule has 2 heterocycles. The summed E-state index contributed by atoms with van der Waals surface area (Å²) in [7, 11) is 1.72. The first kappa shape index (κ1) is 25.4. The number of hydrogen-bond donors (Lipinski definition) is 3. The molecule has 3 aromatic rings. The fourth-order valence-corrected chi connectivity index (χ4v) is 6.79. The van der Waals surface area contributed by atoms with Gasteiger partial charge < -0.3 is 20.1 Å². The number of hydrogen-bond acceptors (Lipinski definition) is 5. The maximum absolute atomic E-state index is 12.8. The van der Waals surface area contributed by atoms with E-state index in [2.05, 4.69) is 40.3 Å². The lowest BCUT2D eigenvalue weighted by atomic mass is 9.56. The second-order valence-electron chi connectivity index (χ2n) is 11.8. The van der Waals surface area contributed by atoms with Crippen LogP contribution in [0.4, 0.5) is 0 Å². The van der Waals surface area contributed by atoms with Crippen molar-refractivity contribution in [1.82, 2.24) is 15.2 Å². The van der Waals surface area contributed by atoms with Crippen LogP contribution in [0, 0.1) is 29.6 Å². The van der Waals surface area contributed by atoms with Crippen LogP contribution >= 0.6 is 0 Å². The molecule has 1 saturated heterocycles. The van der Waals surface area contributed by atoms with Gasteiger partial charge in [-0.25, -0.2) is 4.79 Å². The number of aryl methyl sites for hydroxylation is 1. The Morgan fingerprint density at radius 2 is 1.92 bits per heavy atom. The molecule has 202 valence electrons. The summed E-state index contributed by atoms with van der Waals surface area (Å²) >= 11 is 0.